The minimum Gasteiger partial charge on any atom is -0.497 e. The van der Waals surface area contributed by atoms with Crippen LogP contribution in [0.3, 0.4) is 0 Å². The number of hydrogen-bond donors (Lipinski definition) is 1. The number of benzene rings is 2. The molecule has 0 saturated carbocycles. The number of hydrogen-bond acceptors (Lipinski definition) is 4. The molecule has 7 heteroatoms. The first-order chi connectivity index (χ1) is 14.2. The van der Waals surface area contributed by atoms with Crippen LogP contribution in [0.5, 0.6) is 5.75 Å². The highest BCUT2D eigenvalue weighted by Crippen LogP contribution is 2.46. The predicted molar refractivity (Wildman–Crippen MR) is 118 cm³/mol. The maximum atomic E-state index is 13.4. The van der Waals surface area contributed by atoms with E-state index < -0.39 is 0 Å². The van der Waals surface area contributed by atoms with Crippen LogP contribution < -0.4 is 9.64 Å². The first-order valence-corrected chi connectivity index (χ1v) is 10.7. The Labute approximate surface area is 180 Å². The molecular formula is C22H16BrN3O2S. The third-order valence-corrected chi connectivity index (χ3v) is 6.50. The average molecular weight is 466 g/mol. The van der Waals surface area contributed by atoms with Crippen molar-refractivity contribution in [2.45, 2.75) is 6.04 Å². The number of fused-ring (bicyclic) bond motifs is 1. The normalized spacial score (nSPS) is 15.6. The van der Waals surface area contributed by atoms with Crippen LogP contribution >= 0.6 is 27.3 Å². The van der Waals surface area contributed by atoms with Crippen LogP contribution in [0.2, 0.25) is 0 Å². The van der Waals surface area contributed by atoms with Gasteiger partial charge in [-0.15, -0.1) is 11.3 Å². The number of rotatable bonds is 4. The van der Waals surface area contributed by atoms with Gasteiger partial charge < -0.3 is 4.74 Å². The number of ether oxygens (including phenoxy) is 1. The number of H-pyrrole nitrogens is 1. The van der Waals surface area contributed by atoms with Gasteiger partial charge in [0.15, 0.2) is 0 Å². The van der Waals surface area contributed by atoms with Crippen LogP contribution in [0.15, 0.2) is 70.5 Å². The molecule has 0 fully saturated rings. The number of thiophene rings is 1. The number of anilines is 1. The van der Waals surface area contributed by atoms with Crippen molar-refractivity contribution >= 4 is 38.9 Å². The molecule has 29 heavy (non-hydrogen) atoms. The van der Waals surface area contributed by atoms with Crippen molar-refractivity contribution in [1.29, 1.82) is 0 Å². The Morgan fingerprint density at radius 3 is 2.52 bits per heavy atom. The zero-order chi connectivity index (χ0) is 20.0. The zero-order valence-electron chi connectivity index (χ0n) is 15.4. The Morgan fingerprint density at radius 1 is 1.10 bits per heavy atom. The largest absolute Gasteiger partial charge is 0.497 e. The number of amides is 1. The van der Waals surface area contributed by atoms with E-state index in [0.717, 1.165) is 37.6 Å². The van der Waals surface area contributed by atoms with Gasteiger partial charge in [-0.05, 0) is 60.0 Å². The van der Waals surface area contributed by atoms with Gasteiger partial charge >= 0.3 is 0 Å². The van der Waals surface area contributed by atoms with E-state index in [1.807, 2.05) is 64.9 Å². The van der Waals surface area contributed by atoms with E-state index >= 15 is 0 Å². The van der Waals surface area contributed by atoms with Crippen LogP contribution in [0.4, 0.5) is 5.69 Å². The van der Waals surface area contributed by atoms with Crippen LogP contribution in [0.25, 0.3) is 11.3 Å². The highest BCUT2D eigenvalue weighted by Gasteiger charge is 2.43. The molecule has 1 atom stereocenters. The van der Waals surface area contributed by atoms with E-state index in [1.165, 1.54) is 0 Å². The summed E-state index contributed by atoms with van der Waals surface area (Å²) in [7, 11) is 1.64. The van der Waals surface area contributed by atoms with Crippen molar-refractivity contribution in [2.75, 3.05) is 12.0 Å². The monoisotopic (exact) mass is 465 g/mol. The molecule has 1 amide bonds. The first kappa shape index (κ1) is 18.1. The number of carbonyl (C=O) groups excluding carboxylic acids is 1. The van der Waals surface area contributed by atoms with Crippen molar-refractivity contribution in [2.24, 2.45) is 0 Å². The summed E-state index contributed by atoms with van der Waals surface area (Å²) in [6.07, 6.45) is 0. The summed E-state index contributed by atoms with van der Waals surface area (Å²) in [5, 5.41) is 9.52. The SMILES string of the molecule is COc1ccc(-c2n[nH]c3c2[C@H](c2cccs2)N(c2ccc(Br)cc2)C3=O)cc1. The minimum atomic E-state index is -0.227. The molecule has 0 saturated heterocycles. The van der Waals surface area contributed by atoms with Crippen LogP contribution in [-0.2, 0) is 0 Å². The van der Waals surface area contributed by atoms with E-state index in [9.17, 15) is 4.79 Å². The molecule has 144 valence electrons. The summed E-state index contributed by atoms with van der Waals surface area (Å²) < 4.78 is 6.24. The molecule has 1 aliphatic rings. The molecule has 0 radical (unpaired) electrons. The van der Waals surface area contributed by atoms with Gasteiger partial charge in [0, 0.05) is 26.2 Å². The van der Waals surface area contributed by atoms with Crippen LogP contribution in [0, 0.1) is 0 Å². The van der Waals surface area contributed by atoms with Gasteiger partial charge in [0.1, 0.15) is 17.5 Å². The van der Waals surface area contributed by atoms with Gasteiger partial charge in [-0.1, -0.05) is 22.0 Å². The maximum Gasteiger partial charge on any atom is 0.277 e. The Bertz CT molecular complexity index is 1170. The smallest absolute Gasteiger partial charge is 0.277 e. The lowest BCUT2D eigenvalue weighted by Gasteiger charge is -2.25. The van der Waals surface area contributed by atoms with E-state index in [0.29, 0.717) is 5.69 Å². The third kappa shape index (κ3) is 2.97. The lowest BCUT2D eigenvalue weighted by Crippen LogP contribution is -2.28. The molecule has 0 aliphatic carbocycles. The molecule has 5 nitrogen and oxygen atoms in total. The quantitative estimate of drug-likeness (QED) is 0.422. The average Bonchev–Trinajstić information content (AvgIpc) is 3.47. The van der Waals surface area contributed by atoms with Crippen molar-refractivity contribution in [3.63, 3.8) is 0 Å². The highest BCUT2D eigenvalue weighted by atomic mass is 79.9. The summed E-state index contributed by atoms with van der Waals surface area (Å²) in [5.41, 5.74) is 4.02. The van der Waals surface area contributed by atoms with Crippen LogP contribution in [-0.4, -0.2) is 23.2 Å². The summed E-state index contributed by atoms with van der Waals surface area (Å²) in [6, 6.07) is 19.4. The fourth-order valence-electron chi connectivity index (χ4n) is 3.70. The first-order valence-electron chi connectivity index (χ1n) is 9.02. The van der Waals surface area contributed by atoms with Crippen molar-refractivity contribution in [3.8, 4) is 17.0 Å². The second kappa shape index (κ2) is 7.17. The molecule has 2 aromatic heterocycles. The van der Waals surface area contributed by atoms with Gasteiger partial charge in [0.25, 0.3) is 5.91 Å². The van der Waals surface area contributed by atoms with Gasteiger partial charge in [-0.25, -0.2) is 0 Å². The van der Waals surface area contributed by atoms with Crippen molar-refractivity contribution in [3.05, 3.63) is 86.7 Å². The lowest BCUT2D eigenvalue weighted by molar-refractivity contribution is 0.0989. The summed E-state index contributed by atoms with van der Waals surface area (Å²) >= 11 is 5.11. The third-order valence-electron chi connectivity index (χ3n) is 5.05. The second-order valence-corrected chi connectivity index (χ2v) is 8.55. The summed E-state index contributed by atoms with van der Waals surface area (Å²) in [6.45, 7) is 0. The number of nitrogens with one attached hydrogen (secondary N) is 1. The Morgan fingerprint density at radius 2 is 1.86 bits per heavy atom. The molecule has 4 aromatic rings. The number of aromatic nitrogens is 2. The molecule has 0 spiro atoms. The Hall–Kier alpha value is -2.90. The van der Waals surface area contributed by atoms with Gasteiger partial charge in [0.05, 0.1) is 12.8 Å². The molecular weight excluding hydrogens is 450 g/mol. The van der Waals surface area contributed by atoms with Gasteiger partial charge in [-0.2, -0.15) is 5.10 Å². The molecule has 1 aliphatic heterocycles. The summed E-state index contributed by atoms with van der Waals surface area (Å²) in [5.74, 6) is 0.705. The van der Waals surface area contributed by atoms with E-state index in [1.54, 1.807) is 18.4 Å². The maximum absolute atomic E-state index is 13.4. The highest BCUT2D eigenvalue weighted by molar-refractivity contribution is 9.10. The Kier molecular flexibility index (Phi) is 4.49. The molecule has 0 unspecified atom stereocenters. The van der Waals surface area contributed by atoms with E-state index in [4.69, 9.17) is 4.74 Å². The number of methoxy groups -OCH3 is 1. The Balaban J connectivity index is 1.67. The topological polar surface area (TPSA) is 58.2 Å². The molecule has 1 N–H and O–H groups in total. The molecule has 3 heterocycles. The standard InChI is InChI=1S/C22H16BrN3O2S/c1-28-16-10-4-13(5-11-16)19-18-20(25-24-19)22(27)26(15-8-6-14(23)7-9-15)21(18)17-3-2-12-29-17/h2-12,21H,1H3,(H,24,25)/t21-/m0/s1. The molecule has 0 bridgehead atoms. The van der Waals surface area contributed by atoms with Crippen molar-refractivity contribution < 1.29 is 9.53 Å². The number of aromatic amines is 1. The lowest BCUT2D eigenvalue weighted by atomic mass is 10.0. The zero-order valence-corrected chi connectivity index (χ0v) is 17.8. The van der Waals surface area contributed by atoms with E-state index in [-0.39, 0.29) is 11.9 Å². The van der Waals surface area contributed by atoms with Gasteiger partial charge in [-0.3, -0.25) is 14.8 Å². The van der Waals surface area contributed by atoms with Crippen LogP contribution in [0.1, 0.15) is 27.0 Å². The fraction of sp³-hybridized carbons (Fsp3) is 0.0909. The second-order valence-electron chi connectivity index (χ2n) is 6.66. The number of halogens is 1. The number of carbonyl (C=O) groups is 1. The minimum absolute atomic E-state index is 0.0759. The van der Waals surface area contributed by atoms with E-state index in [2.05, 4.69) is 32.2 Å². The molecule has 5 rings (SSSR count). The summed E-state index contributed by atoms with van der Waals surface area (Å²) in [4.78, 5) is 16.3. The molecule has 2 aromatic carbocycles. The van der Waals surface area contributed by atoms with Crippen molar-refractivity contribution in [1.82, 2.24) is 10.2 Å². The fourth-order valence-corrected chi connectivity index (χ4v) is 4.79. The van der Waals surface area contributed by atoms with Gasteiger partial charge in [0.2, 0.25) is 0 Å². The predicted octanol–water partition coefficient (Wildman–Crippen LogP) is 5.66. The number of nitrogens with zero attached hydrogens (tertiary/aromatic N) is 2.